The van der Waals surface area contributed by atoms with Gasteiger partial charge in [0.25, 0.3) is 0 Å². The molecule has 1 unspecified atom stereocenters. The first-order valence-electron chi connectivity index (χ1n) is 8.56. The Hall–Kier alpha value is -1.39. The largest absolute Gasteiger partial charge is 0.314 e. The molecule has 0 saturated carbocycles. The Labute approximate surface area is 133 Å². The molecule has 2 aliphatic heterocycles. The van der Waals surface area contributed by atoms with Crippen molar-refractivity contribution in [2.24, 2.45) is 0 Å². The van der Waals surface area contributed by atoms with Gasteiger partial charge in [-0.25, -0.2) is 0 Å². The molecule has 0 aromatic heterocycles. The Bertz CT molecular complexity index is 537. The lowest BCUT2D eigenvalue weighted by Gasteiger charge is -2.27. The van der Waals surface area contributed by atoms with E-state index in [4.69, 9.17) is 0 Å². The Kier molecular flexibility index (Phi) is 4.79. The van der Waals surface area contributed by atoms with E-state index in [1.807, 2.05) is 11.8 Å². The highest BCUT2D eigenvalue weighted by molar-refractivity contribution is 5.96. The zero-order chi connectivity index (χ0) is 15.5. The maximum absolute atomic E-state index is 12.1. The minimum atomic E-state index is 0.236. The molecule has 22 heavy (non-hydrogen) atoms. The van der Waals surface area contributed by atoms with Crippen LogP contribution in [0.3, 0.4) is 0 Å². The van der Waals surface area contributed by atoms with Crippen LogP contribution in [0, 0.1) is 0 Å². The highest BCUT2D eigenvalue weighted by Crippen LogP contribution is 2.33. The molecule has 0 radical (unpaired) electrons. The molecule has 1 aromatic carbocycles. The average Bonchev–Trinajstić information content (AvgIpc) is 2.88. The molecule has 1 amide bonds. The van der Waals surface area contributed by atoms with E-state index >= 15 is 0 Å². The topological polar surface area (TPSA) is 35.6 Å². The Morgan fingerprint density at radius 2 is 2.09 bits per heavy atom. The quantitative estimate of drug-likeness (QED) is 0.921. The fourth-order valence-corrected chi connectivity index (χ4v) is 3.61. The first kappa shape index (κ1) is 15.5. The highest BCUT2D eigenvalue weighted by atomic mass is 16.2. The molecule has 1 aromatic rings. The summed E-state index contributed by atoms with van der Waals surface area (Å²) >= 11 is 0. The lowest BCUT2D eigenvalue weighted by atomic mass is 10.0. The number of piperazine rings is 1. The molecule has 1 N–H and O–H groups in total. The van der Waals surface area contributed by atoms with Crippen LogP contribution < -0.4 is 10.2 Å². The van der Waals surface area contributed by atoms with Crippen LogP contribution in [-0.4, -0.2) is 49.6 Å². The van der Waals surface area contributed by atoms with Gasteiger partial charge in [0.05, 0.1) is 0 Å². The van der Waals surface area contributed by atoms with E-state index < -0.39 is 0 Å². The fourth-order valence-electron chi connectivity index (χ4n) is 3.61. The molecule has 2 aliphatic rings. The summed E-state index contributed by atoms with van der Waals surface area (Å²) in [6.07, 6.45) is 2.67. The lowest BCUT2D eigenvalue weighted by Crippen LogP contribution is -2.44. The summed E-state index contributed by atoms with van der Waals surface area (Å²) in [5.74, 6) is 0.236. The molecule has 0 aliphatic carbocycles. The first-order chi connectivity index (χ1) is 10.7. The summed E-state index contributed by atoms with van der Waals surface area (Å²) in [5.41, 5.74) is 3.87. The molecule has 0 spiro atoms. The van der Waals surface area contributed by atoms with E-state index in [-0.39, 0.29) is 5.91 Å². The summed E-state index contributed by atoms with van der Waals surface area (Å²) in [5, 5.41) is 3.39. The third kappa shape index (κ3) is 3.18. The molecule has 2 heterocycles. The molecule has 3 rings (SSSR count). The number of nitrogens with one attached hydrogen (secondary N) is 1. The average molecular weight is 301 g/mol. The van der Waals surface area contributed by atoms with Crippen molar-refractivity contribution in [2.75, 3.05) is 37.6 Å². The van der Waals surface area contributed by atoms with E-state index in [0.29, 0.717) is 12.5 Å². The highest BCUT2D eigenvalue weighted by Gasteiger charge is 2.29. The number of carbonyl (C=O) groups is 1. The van der Waals surface area contributed by atoms with Gasteiger partial charge in [-0.1, -0.05) is 19.1 Å². The number of hydrogen-bond acceptors (Lipinski definition) is 3. The van der Waals surface area contributed by atoms with Crippen molar-refractivity contribution in [1.82, 2.24) is 10.2 Å². The van der Waals surface area contributed by atoms with Crippen molar-refractivity contribution in [2.45, 2.75) is 39.2 Å². The van der Waals surface area contributed by atoms with Crippen LogP contribution in [0.1, 0.15) is 31.4 Å². The van der Waals surface area contributed by atoms with Crippen LogP contribution in [0.5, 0.6) is 0 Å². The zero-order valence-corrected chi connectivity index (χ0v) is 13.8. The summed E-state index contributed by atoms with van der Waals surface area (Å²) in [6, 6.07) is 6.97. The second kappa shape index (κ2) is 6.80. The predicted octanol–water partition coefficient (Wildman–Crippen LogP) is 1.82. The van der Waals surface area contributed by atoms with E-state index in [9.17, 15) is 4.79 Å². The Balaban J connectivity index is 1.67. The molecule has 1 fully saturated rings. The molecule has 1 atom stereocenters. The molecular formula is C18H27N3O. The van der Waals surface area contributed by atoms with Crippen molar-refractivity contribution >= 4 is 11.6 Å². The van der Waals surface area contributed by atoms with Gasteiger partial charge in [-0.05, 0) is 37.0 Å². The van der Waals surface area contributed by atoms with Gasteiger partial charge in [0.15, 0.2) is 0 Å². The minimum absolute atomic E-state index is 0.236. The summed E-state index contributed by atoms with van der Waals surface area (Å²) < 4.78 is 0. The van der Waals surface area contributed by atoms with Gasteiger partial charge >= 0.3 is 0 Å². The monoisotopic (exact) mass is 301 g/mol. The van der Waals surface area contributed by atoms with Crippen LogP contribution in [0.2, 0.25) is 0 Å². The fraction of sp³-hybridized carbons (Fsp3) is 0.611. The number of carbonyl (C=O) groups excluding carboxylic acids is 1. The third-order valence-electron chi connectivity index (χ3n) is 4.86. The number of benzene rings is 1. The van der Waals surface area contributed by atoms with E-state index in [1.165, 1.54) is 11.1 Å². The number of anilines is 1. The van der Waals surface area contributed by atoms with E-state index in [2.05, 4.69) is 35.3 Å². The molecule has 120 valence electrons. The Morgan fingerprint density at radius 1 is 1.32 bits per heavy atom. The third-order valence-corrected chi connectivity index (χ3v) is 4.86. The SMILES string of the molecule is CCC(=O)N1c2ccc(CCN3CCNCC3)cc2CC1C. The van der Waals surface area contributed by atoms with Crippen LogP contribution in [0.15, 0.2) is 18.2 Å². The van der Waals surface area contributed by atoms with Gasteiger partial charge in [-0.3, -0.25) is 4.79 Å². The van der Waals surface area contributed by atoms with Crippen LogP contribution >= 0.6 is 0 Å². The number of hydrogen-bond donors (Lipinski definition) is 1. The van der Waals surface area contributed by atoms with Crippen LogP contribution in [-0.2, 0) is 17.6 Å². The van der Waals surface area contributed by atoms with Gasteiger partial charge in [0.2, 0.25) is 5.91 Å². The summed E-state index contributed by atoms with van der Waals surface area (Å²) in [4.78, 5) is 16.6. The van der Waals surface area contributed by atoms with Crippen LogP contribution in [0.25, 0.3) is 0 Å². The van der Waals surface area contributed by atoms with Gasteiger partial charge in [0, 0.05) is 50.9 Å². The van der Waals surface area contributed by atoms with E-state index in [1.54, 1.807) is 0 Å². The summed E-state index contributed by atoms with van der Waals surface area (Å²) in [6.45, 7) is 9.74. The van der Waals surface area contributed by atoms with Crippen LogP contribution in [0.4, 0.5) is 5.69 Å². The van der Waals surface area contributed by atoms with Gasteiger partial charge in [-0.15, -0.1) is 0 Å². The van der Waals surface area contributed by atoms with Gasteiger partial charge in [-0.2, -0.15) is 0 Å². The number of nitrogens with zero attached hydrogens (tertiary/aromatic N) is 2. The number of fused-ring (bicyclic) bond motifs is 1. The van der Waals surface area contributed by atoms with Crippen molar-refractivity contribution < 1.29 is 4.79 Å². The van der Waals surface area contributed by atoms with Crippen molar-refractivity contribution in [3.8, 4) is 0 Å². The Morgan fingerprint density at radius 3 is 2.82 bits per heavy atom. The second-order valence-corrected chi connectivity index (χ2v) is 6.48. The van der Waals surface area contributed by atoms with Gasteiger partial charge < -0.3 is 15.1 Å². The number of amides is 1. The van der Waals surface area contributed by atoms with Crippen molar-refractivity contribution in [3.05, 3.63) is 29.3 Å². The molecule has 4 heteroatoms. The molecular weight excluding hydrogens is 274 g/mol. The smallest absolute Gasteiger partial charge is 0.226 e. The maximum atomic E-state index is 12.1. The van der Waals surface area contributed by atoms with Crippen molar-refractivity contribution in [3.63, 3.8) is 0 Å². The number of rotatable bonds is 4. The predicted molar refractivity (Wildman–Crippen MR) is 90.4 cm³/mol. The summed E-state index contributed by atoms with van der Waals surface area (Å²) in [7, 11) is 0. The van der Waals surface area contributed by atoms with E-state index in [0.717, 1.165) is 51.3 Å². The standard InChI is InChI=1S/C18H27N3O/c1-3-18(22)21-14(2)12-16-13-15(4-5-17(16)21)6-9-20-10-7-19-8-11-20/h4-5,13-14,19H,3,6-12H2,1-2H3. The lowest BCUT2D eigenvalue weighted by molar-refractivity contribution is -0.118. The second-order valence-electron chi connectivity index (χ2n) is 6.48. The maximum Gasteiger partial charge on any atom is 0.226 e. The molecule has 4 nitrogen and oxygen atoms in total. The molecule has 0 bridgehead atoms. The first-order valence-corrected chi connectivity index (χ1v) is 8.56. The minimum Gasteiger partial charge on any atom is -0.314 e. The van der Waals surface area contributed by atoms with Crippen molar-refractivity contribution in [1.29, 1.82) is 0 Å². The normalized spacial score (nSPS) is 21.9. The molecule has 1 saturated heterocycles. The zero-order valence-electron chi connectivity index (χ0n) is 13.8. The van der Waals surface area contributed by atoms with Gasteiger partial charge in [0.1, 0.15) is 0 Å².